The lowest BCUT2D eigenvalue weighted by atomic mass is 9.93. The number of piperazine rings is 1. The summed E-state index contributed by atoms with van der Waals surface area (Å²) < 4.78 is 104. The molecule has 5 rings (SSSR count). The third kappa shape index (κ3) is 9.37. The van der Waals surface area contributed by atoms with Crippen molar-refractivity contribution in [1.82, 2.24) is 29.6 Å². The average molecular weight is 764 g/mol. The van der Waals surface area contributed by atoms with Crippen LogP contribution < -0.4 is 15.4 Å². The number of benzene rings is 1. The molecule has 2 saturated heterocycles. The first-order valence-electron chi connectivity index (χ1n) is 15.8. The van der Waals surface area contributed by atoms with Crippen molar-refractivity contribution in [2.45, 2.75) is 49.4 Å². The molecule has 278 valence electrons. The summed E-state index contributed by atoms with van der Waals surface area (Å²) in [6, 6.07) is 1.17. The van der Waals surface area contributed by atoms with E-state index in [1.807, 2.05) is 0 Å². The fourth-order valence-corrected chi connectivity index (χ4v) is 7.78. The smallest absolute Gasteiger partial charge is 0.406 e. The van der Waals surface area contributed by atoms with E-state index in [1.165, 1.54) is 28.9 Å². The number of rotatable bonds is 10. The van der Waals surface area contributed by atoms with Crippen LogP contribution in [0.25, 0.3) is 0 Å². The Hall–Kier alpha value is -4.21. The number of amides is 4. The van der Waals surface area contributed by atoms with E-state index >= 15 is 0 Å². The molecule has 3 aliphatic rings. The highest BCUT2D eigenvalue weighted by molar-refractivity contribution is 7.89. The van der Waals surface area contributed by atoms with Crippen molar-refractivity contribution in [1.29, 1.82) is 0 Å². The molecule has 14 nitrogen and oxygen atoms in total. The van der Waals surface area contributed by atoms with Crippen LogP contribution in [0.2, 0.25) is 0 Å². The quantitative estimate of drug-likeness (QED) is 0.344. The third-order valence-corrected chi connectivity index (χ3v) is 11.1. The first-order valence-corrected chi connectivity index (χ1v) is 18.0. The van der Waals surface area contributed by atoms with Gasteiger partial charge >= 0.3 is 12.4 Å². The minimum atomic E-state index is -5.00. The van der Waals surface area contributed by atoms with Crippen molar-refractivity contribution in [2.75, 3.05) is 57.8 Å². The molecular weight excluding hydrogens is 729 g/mol. The number of hydrogen-bond donors (Lipinski definition) is 2. The van der Waals surface area contributed by atoms with Gasteiger partial charge in [-0.15, -0.1) is 23.4 Å². The summed E-state index contributed by atoms with van der Waals surface area (Å²) in [5.74, 6) is -4.81. The second-order valence-electron chi connectivity index (χ2n) is 11.6. The average Bonchev–Trinajstić information content (AvgIpc) is 3.58. The van der Waals surface area contributed by atoms with Crippen LogP contribution in [0.4, 0.5) is 31.9 Å². The molecule has 0 radical (unpaired) electrons. The van der Waals surface area contributed by atoms with Crippen LogP contribution in [0.1, 0.15) is 36.0 Å². The number of urea groups is 1. The van der Waals surface area contributed by atoms with Crippen molar-refractivity contribution >= 4 is 44.3 Å². The summed E-state index contributed by atoms with van der Waals surface area (Å²) in [4.78, 5) is 41.9. The number of alkyl halides is 5. The lowest BCUT2D eigenvalue weighted by Gasteiger charge is -2.39. The molecule has 21 heteroatoms. The Morgan fingerprint density at radius 3 is 2.31 bits per heavy atom. The monoisotopic (exact) mass is 763 g/mol. The molecule has 2 aliphatic heterocycles. The summed E-state index contributed by atoms with van der Waals surface area (Å²) >= 11 is 0.831. The fourth-order valence-electron chi connectivity index (χ4n) is 5.51. The third-order valence-electron chi connectivity index (χ3n) is 8.34. The molecule has 0 bridgehead atoms. The van der Waals surface area contributed by atoms with E-state index in [0.717, 1.165) is 39.9 Å². The van der Waals surface area contributed by atoms with Gasteiger partial charge in [0.15, 0.2) is 0 Å². The van der Waals surface area contributed by atoms with E-state index in [4.69, 9.17) is 4.74 Å². The van der Waals surface area contributed by atoms with Crippen LogP contribution in [0.15, 0.2) is 52.5 Å². The maximum atomic E-state index is 14.1. The number of nitrogens with one attached hydrogen (secondary N) is 2. The molecule has 2 N–H and O–H groups in total. The van der Waals surface area contributed by atoms with Crippen LogP contribution in [-0.4, -0.2) is 121 Å². The fraction of sp³-hybridized carbons (Fsp3) is 0.500. The molecule has 51 heavy (non-hydrogen) atoms. The molecule has 2 fully saturated rings. The minimum absolute atomic E-state index is 0.0147. The van der Waals surface area contributed by atoms with E-state index in [-0.39, 0.29) is 60.5 Å². The number of halogens is 5. The predicted molar refractivity (Wildman–Crippen MR) is 172 cm³/mol. The minimum Gasteiger partial charge on any atom is -0.406 e. The number of ether oxygens (including phenoxy) is 2. The zero-order valence-electron chi connectivity index (χ0n) is 27.1. The number of carbonyl (C=O) groups is 3. The summed E-state index contributed by atoms with van der Waals surface area (Å²) in [5, 5.41) is 12.9. The standard InChI is InChI=1S/C30H34F5N7O7S2/c1-2-29(31,32)20-5-3-19(4-6-20)17-36-24(43)23-18-41(28(45)37-27-39-38-25(50-27)26(44)40-13-15-48-16-14-40)11-12-42(23)51(46,47)22-9-7-21(8-10-22)49-30(33,34)35/h3,5,7-10,23H,2,4,6,11-18H2,1H3,(H,36,43)(H,37,39,45)/t23-/m1/s1. The van der Waals surface area contributed by atoms with Crippen molar-refractivity contribution in [3.05, 3.63) is 52.6 Å². The number of hydrogen-bond acceptors (Lipinski definition) is 10. The highest BCUT2D eigenvalue weighted by Crippen LogP contribution is 2.34. The summed E-state index contributed by atoms with van der Waals surface area (Å²) in [5.41, 5.74) is 0.573. The van der Waals surface area contributed by atoms with Gasteiger partial charge in [0.2, 0.25) is 26.1 Å². The lowest BCUT2D eigenvalue weighted by molar-refractivity contribution is -0.274. The lowest BCUT2D eigenvalue weighted by Crippen LogP contribution is -2.62. The molecule has 1 atom stereocenters. The van der Waals surface area contributed by atoms with Gasteiger partial charge in [-0.05, 0) is 42.7 Å². The number of anilines is 1. The van der Waals surface area contributed by atoms with Gasteiger partial charge in [-0.3, -0.25) is 14.9 Å². The van der Waals surface area contributed by atoms with Crippen molar-refractivity contribution in [2.24, 2.45) is 0 Å². The number of allylic oxidation sites excluding steroid dienone is 3. The molecule has 0 saturated carbocycles. The molecule has 1 aromatic heterocycles. The van der Waals surface area contributed by atoms with Gasteiger partial charge in [-0.2, -0.15) is 4.31 Å². The van der Waals surface area contributed by atoms with Crippen molar-refractivity contribution < 1.29 is 54.2 Å². The first-order chi connectivity index (χ1) is 24.1. The highest BCUT2D eigenvalue weighted by Gasteiger charge is 2.42. The second-order valence-corrected chi connectivity index (χ2v) is 14.5. The Morgan fingerprint density at radius 2 is 1.69 bits per heavy atom. The summed E-state index contributed by atoms with van der Waals surface area (Å²) in [6.45, 7) is 1.72. The highest BCUT2D eigenvalue weighted by atomic mass is 32.2. The van der Waals surface area contributed by atoms with Crippen LogP contribution in [-0.2, 0) is 19.6 Å². The molecule has 1 aromatic carbocycles. The Morgan fingerprint density at radius 1 is 0.980 bits per heavy atom. The maximum absolute atomic E-state index is 14.1. The Balaban J connectivity index is 1.31. The van der Waals surface area contributed by atoms with Gasteiger partial charge in [0, 0.05) is 45.7 Å². The number of sulfonamides is 1. The topological polar surface area (TPSA) is 163 Å². The van der Waals surface area contributed by atoms with Gasteiger partial charge in [0.1, 0.15) is 11.8 Å². The maximum Gasteiger partial charge on any atom is 0.573 e. The zero-order chi connectivity index (χ0) is 37.0. The van der Waals surface area contributed by atoms with E-state index in [1.54, 1.807) is 0 Å². The molecule has 0 unspecified atom stereocenters. The SMILES string of the molecule is CCC(F)(F)C1=CC=C(CNC(=O)[C@H]2CN(C(=O)Nc3nnc(C(=O)N4CCOCC4)s3)CCN2S(=O)(=O)c2ccc(OC(F)(F)F)cc2)CC1. The van der Waals surface area contributed by atoms with Gasteiger partial charge in [0.05, 0.1) is 18.1 Å². The number of carbonyl (C=O) groups excluding carboxylic acids is 3. The zero-order valence-corrected chi connectivity index (χ0v) is 28.8. The molecule has 0 spiro atoms. The van der Waals surface area contributed by atoms with Gasteiger partial charge in [-0.25, -0.2) is 22.0 Å². The number of aromatic nitrogens is 2. The van der Waals surface area contributed by atoms with Crippen molar-refractivity contribution in [3.8, 4) is 5.75 Å². The van der Waals surface area contributed by atoms with E-state index in [2.05, 4.69) is 25.6 Å². The summed E-state index contributed by atoms with van der Waals surface area (Å²) in [6.07, 6.45) is -2.29. The van der Waals surface area contributed by atoms with Gasteiger partial charge < -0.3 is 24.6 Å². The number of morpholine rings is 1. The van der Waals surface area contributed by atoms with Crippen LogP contribution in [0, 0.1) is 0 Å². The van der Waals surface area contributed by atoms with E-state index in [0.29, 0.717) is 31.9 Å². The van der Waals surface area contributed by atoms with Gasteiger partial charge in [-0.1, -0.05) is 36.0 Å². The normalized spacial score (nSPS) is 19.2. The molecular formula is C30H34F5N7O7S2. The van der Waals surface area contributed by atoms with Crippen molar-refractivity contribution in [3.63, 3.8) is 0 Å². The Kier molecular flexibility index (Phi) is 11.6. The van der Waals surface area contributed by atoms with Crippen LogP contribution in [0.5, 0.6) is 5.75 Å². The molecule has 4 amide bonds. The second kappa shape index (κ2) is 15.6. The largest absolute Gasteiger partial charge is 0.573 e. The van der Waals surface area contributed by atoms with Crippen LogP contribution >= 0.6 is 11.3 Å². The summed E-state index contributed by atoms with van der Waals surface area (Å²) in [7, 11) is -4.51. The van der Waals surface area contributed by atoms with Crippen LogP contribution in [0.3, 0.4) is 0 Å². The Bertz CT molecular complexity index is 1780. The first kappa shape index (κ1) is 38.0. The predicted octanol–water partition coefficient (Wildman–Crippen LogP) is 3.62. The number of nitrogens with zero attached hydrogens (tertiary/aromatic N) is 5. The molecule has 1 aliphatic carbocycles. The van der Waals surface area contributed by atoms with E-state index < -0.39 is 57.5 Å². The Labute approximate surface area is 293 Å². The van der Waals surface area contributed by atoms with E-state index in [9.17, 15) is 44.8 Å². The molecule has 3 heterocycles. The molecule has 2 aromatic rings. The van der Waals surface area contributed by atoms with Gasteiger partial charge in [0.25, 0.3) is 11.8 Å².